The summed E-state index contributed by atoms with van der Waals surface area (Å²) in [5, 5.41) is 5.68. The first-order chi connectivity index (χ1) is 12.7. The first-order valence-electron chi connectivity index (χ1n) is 8.23. The Kier molecular flexibility index (Phi) is 6.91. The Bertz CT molecular complexity index is 763. The fourth-order valence-corrected chi connectivity index (χ4v) is 2.22. The number of halogens is 3. The van der Waals surface area contributed by atoms with E-state index in [1.807, 2.05) is 19.9 Å². The summed E-state index contributed by atoms with van der Waals surface area (Å²) in [7, 11) is 0. The molecule has 0 saturated heterocycles. The van der Waals surface area contributed by atoms with Crippen LogP contribution in [0.2, 0.25) is 0 Å². The fourth-order valence-electron chi connectivity index (χ4n) is 2.22. The second-order valence-corrected chi connectivity index (χ2v) is 5.77. The van der Waals surface area contributed by atoms with Crippen LogP contribution in [0.4, 0.5) is 19.1 Å². The molecule has 0 atom stereocenters. The molecule has 27 heavy (non-hydrogen) atoms. The maximum atomic E-state index is 12.3. The van der Waals surface area contributed by atoms with E-state index in [4.69, 9.17) is 0 Å². The van der Waals surface area contributed by atoms with Gasteiger partial charge in [-0.15, -0.1) is 0 Å². The van der Waals surface area contributed by atoms with Crippen LogP contribution < -0.4 is 15.4 Å². The Morgan fingerprint density at radius 2 is 1.89 bits per heavy atom. The smallest absolute Gasteiger partial charge is 0.422 e. The van der Waals surface area contributed by atoms with E-state index in [0.29, 0.717) is 25.5 Å². The molecular formula is C17H20F3N5O2. The fraction of sp³-hybridized carbons (Fsp3) is 0.412. The number of carbonyl (C=O) groups excluding carboxylic acids is 1. The van der Waals surface area contributed by atoms with Crippen molar-refractivity contribution in [1.82, 2.24) is 20.3 Å². The van der Waals surface area contributed by atoms with Crippen LogP contribution in [0.15, 0.2) is 24.4 Å². The van der Waals surface area contributed by atoms with Gasteiger partial charge in [-0.05, 0) is 38.5 Å². The zero-order chi connectivity index (χ0) is 19.9. The number of carbonyl (C=O) groups is 1. The largest absolute Gasteiger partial charge is 0.467 e. The molecule has 0 aliphatic carbocycles. The summed E-state index contributed by atoms with van der Waals surface area (Å²) < 4.78 is 41.4. The summed E-state index contributed by atoms with van der Waals surface area (Å²) in [4.78, 5) is 24.3. The van der Waals surface area contributed by atoms with Gasteiger partial charge in [0.1, 0.15) is 5.56 Å². The molecule has 0 radical (unpaired) electrons. The van der Waals surface area contributed by atoms with Crippen LogP contribution in [0, 0.1) is 13.8 Å². The number of aromatic nitrogens is 3. The number of nitrogens with zero attached hydrogens (tertiary/aromatic N) is 3. The van der Waals surface area contributed by atoms with Crippen molar-refractivity contribution in [3.05, 3.63) is 41.3 Å². The number of alkyl halides is 3. The standard InChI is InChI=1S/C17H20F3N5O2/c1-11-9-12(2)25-16(24-11)23-8-4-7-21-14(26)13-5-3-6-22-15(13)27-10-17(18,19)20/h3,5-6,9H,4,7-8,10H2,1-2H3,(H,21,26)(H,23,24,25). The van der Waals surface area contributed by atoms with Crippen LogP contribution in [0.25, 0.3) is 0 Å². The van der Waals surface area contributed by atoms with Crippen molar-refractivity contribution in [2.24, 2.45) is 0 Å². The molecule has 0 aliphatic rings. The number of anilines is 1. The van der Waals surface area contributed by atoms with E-state index in [1.54, 1.807) is 0 Å². The Morgan fingerprint density at radius 3 is 2.56 bits per heavy atom. The Morgan fingerprint density at radius 1 is 1.19 bits per heavy atom. The van der Waals surface area contributed by atoms with Crippen molar-refractivity contribution >= 4 is 11.9 Å². The summed E-state index contributed by atoms with van der Waals surface area (Å²) in [6.07, 6.45) is -2.68. The van der Waals surface area contributed by atoms with Gasteiger partial charge < -0.3 is 15.4 Å². The number of ether oxygens (including phenoxy) is 1. The van der Waals surface area contributed by atoms with Crippen molar-refractivity contribution in [2.45, 2.75) is 26.4 Å². The minimum Gasteiger partial charge on any atom is -0.467 e. The molecule has 146 valence electrons. The first-order valence-corrected chi connectivity index (χ1v) is 8.23. The molecule has 0 unspecified atom stereocenters. The molecule has 2 rings (SSSR count). The molecule has 0 saturated carbocycles. The third-order valence-electron chi connectivity index (χ3n) is 3.29. The van der Waals surface area contributed by atoms with E-state index in [9.17, 15) is 18.0 Å². The molecule has 2 heterocycles. The third-order valence-corrected chi connectivity index (χ3v) is 3.29. The van der Waals surface area contributed by atoms with Gasteiger partial charge in [-0.2, -0.15) is 13.2 Å². The molecule has 0 bridgehead atoms. The Labute approximate surface area is 154 Å². The van der Waals surface area contributed by atoms with Gasteiger partial charge in [0.05, 0.1) is 0 Å². The van der Waals surface area contributed by atoms with Crippen LogP contribution in [0.1, 0.15) is 28.2 Å². The molecular weight excluding hydrogens is 363 g/mol. The number of amides is 1. The van der Waals surface area contributed by atoms with Gasteiger partial charge in [0, 0.05) is 30.7 Å². The average Bonchev–Trinajstić information content (AvgIpc) is 2.58. The highest BCUT2D eigenvalue weighted by molar-refractivity contribution is 5.96. The zero-order valence-electron chi connectivity index (χ0n) is 14.9. The van der Waals surface area contributed by atoms with E-state index in [-0.39, 0.29) is 11.4 Å². The molecule has 2 aromatic heterocycles. The molecule has 2 N–H and O–H groups in total. The van der Waals surface area contributed by atoms with Gasteiger partial charge in [-0.25, -0.2) is 15.0 Å². The molecule has 0 fully saturated rings. The van der Waals surface area contributed by atoms with Gasteiger partial charge in [0.25, 0.3) is 5.91 Å². The summed E-state index contributed by atoms with van der Waals surface area (Å²) in [5.41, 5.74) is 1.65. The van der Waals surface area contributed by atoms with Gasteiger partial charge >= 0.3 is 6.18 Å². The van der Waals surface area contributed by atoms with Gasteiger partial charge in [0.15, 0.2) is 6.61 Å². The van der Waals surface area contributed by atoms with Crippen molar-refractivity contribution in [3.8, 4) is 5.88 Å². The summed E-state index contributed by atoms with van der Waals surface area (Å²) >= 11 is 0. The van der Waals surface area contributed by atoms with Crippen molar-refractivity contribution < 1.29 is 22.7 Å². The molecule has 7 nitrogen and oxygen atoms in total. The highest BCUT2D eigenvalue weighted by atomic mass is 19.4. The van der Waals surface area contributed by atoms with Crippen LogP contribution in [-0.2, 0) is 0 Å². The summed E-state index contributed by atoms with van der Waals surface area (Å²) in [6, 6.07) is 4.67. The molecule has 0 aliphatic heterocycles. The predicted octanol–water partition coefficient (Wildman–Crippen LogP) is 2.66. The molecule has 2 aromatic rings. The van der Waals surface area contributed by atoms with Crippen molar-refractivity contribution in [2.75, 3.05) is 25.0 Å². The van der Waals surface area contributed by atoms with Crippen LogP contribution >= 0.6 is 0 Å². The van der Waals surface area contributed by atoms with Crippen LogP contribution in [0.5, 0.6) is 5.88 Å². The lowest BCUT2D eigenvalue weighted by molar-refractivity contribution is -0.154. The van der Waals surface area contributed by atoms with E-state index < -0.39 is 18.7 Å². The highest BCUT2D eigenvalue weighted by Gasteiger charge is 2.29. The number of nitrogens with one attached hydrogen (secondary N) is 2. The summed E-state index contributed by atoms with van der Waals surface area (Å²) in [6.45, 7) is 3.06. The van der Waals surface area contributed by atoms with Crippen LogP contribution in [-0.4, -0.2) is 46.7 Å². The van der Waals surface area contributed by atoms with Crippen molar-refractivity contribution in [1.29, 1.82) is 0 Å². The lowest BCUT2D eigenvalue weighted by Crippen LogP contribution is -2.27. The molecule has 0 aromatic carbocycles. The van der Waals surface area contributed by atoms with E-state index in [0.717, 1.165) is 11.4 Å². The minimum atomic E-state index is -4.51. The number of aryl methyl sites for hydroxylation is 2. The second kappa shape index (κ2) is 9.15. The van der Waals surface area contributed by atoms with Gasteiger partial charge in [-0.1, -0.05) is 0 Å². The monoisotopic (exact) mass is 383 g/mol. The SMILES string of the molecule is Cc1cc(C)nc(NCCCNC(=O)c2cccnc2OCC(F)(F)F)n1. The average molecular weight is 383 g/mol. The molecule has 1 amide bonds. The minimum absolute atomic E-state index is 0.0487. The maximum Gasteiger partial charge on any atom is 0.422 e. The van der Waals surface area contributed by atoms with Gasteiger partial charge in [0.2, 0.25) is 11.8 Å². The number of hydrogen-bond acceptors (Lipinski definition) is 6. The lowest BCUT2D eigenvalue weighted by atomic mass is 10.2. The normalized spacial score (nSPS) is 11.1. The zero-order valence-corrected chi connectivity index (χ0v) is 14.9. The summed E-state index contributed by atoms with van der Waals surface area (Å²) in [5.74, 6) is -0.397. The first kappa shape index (κ1) is 20.4. The van der Waals surface area contributed by atoms with Crippen LogP contribution in [0.3, 0.4) is 0 Å². The van der Waals surface area contributed by atoms with Gasteiger partial charge in [-0.3, -0.25) is 4.79 Å². The molecule has 0 spiro atoms. The Balaban J connectivity index is 1.80. The number of hydrogen-bond donors (Lipinski definition) is 2. The quantitative estimate of drug-likeness (QED) is 0.682. The van der Waals surface area contributed by atoms with E-state index in [1.165, 1.54) is 18.3 Å². The second-order valence-electron chi connectivity index (χ2n) is 5.77. The third kappa shape index (κ3) is 7.08. The topological polar surface area (TPSA) is 89.0 Å². The lowest BCUT2D eigenvalue weighted by Gasteiger charge is -2.12. The Hall–Kier alpha value is -2.91. The number of pyridine rings is 1. The highest BCUT2D eigenvalue weighted by Crippen LogP contribution is 2.19. The van der Waals surface area contributed by atoms with E-state index >= 15 is 0 Å². The van der Waals surface area contributed by atoms with Crippen molar-refractivity contribution in [3.63, 3.8) is 0 Å². The van der Waals surface area contributed by atoms with E-state index in [2.05, 4.69) is 30.3 Å². The maximum absolute atomic E-state index is 12.3. The number of rotatable bonds is 8. The predicted molar refractivity (Wildman–Crippen MR) is 92.7 cm³/mol. The molecule has 10 heteroatoms.